The lowest BCUT2D eigenvalue weighted by Gasteiger charge is -2.40. The number of amides is 1. The summed E-state index contributed by atoms with van der Waals surface area (Å²) in [5.74, 6) is 1.59. The molecule has 2 N–H and O–H groups in total. The molecule has 0 spiro atoms. The zero-order valence-electron chi connectivity index (χ0n) is 24.1. The first-order valence-corrected chi connectivity index (χ1v) is 14.6. The van der Waals surface area contributed by atoms with E-state index < -0.39 is 0 Å². The zero-order valence-corrected chi connectivity index (χ0v) is 24.1. The number of carbonyl (C=O) groups is 2. The number of hydrogen-bond acceptors (Lipinski definition) is 5. The van der Waals surface area contributed by atoms with Crippen molar-refractivity contribution in [3.63, 3.8) is 0 Å². The second-order valence-corrected chi connectivity index (χ2v) is 10.6. The minimum atomic E-state index is -0.264. The molecule has 0 aromatic heterocycles. The Balaban J connectivity index is 0.000000532. The average Bonchev–Trinajstić information content (AvgIpc) is 3.45. The summed E-state index contributed by atoms with van der Waals surface area (Å²) < 4.78 is 10.1. The lowest BCUT2D eigenvalue weighted by Crippen LogP contribution is -2.33. The molecule has 6 heteroatoms. The normalized spacial score (nSPS) is 20.1. The lowest BCUT2D eigenvalue weighted by molar-refractivity contribution is -0.139. The maximum atomic E-state index is 12.9. The SMILES string of the molecule is C=CCOC(C)=O.CCCCC1C(C)c2cc(C(=O)NC3CCCC3)ccc2NC1c1ccc(OCC)cc1. The Kier molecular flexibility index (Phi) is 11.9. The molecule has 0 bridgehead atoms. The molecule has 1 aliphatic heterocycles. The summed E-state index contributed by atoms with van der Waals surface area (Å²) in [6, 6.07) is 15.4. The van der Waals surface area contributed by atoms with Gasteiger partial charge in [0.1, 0.15) is 12.4 Å². The number of hydrogen-bond donors (Lipinski definition) is 2. The molecule has 2 aromatic carbocycles. The number of carbonyl (C=O) groups excluding carboxylic acids is 2. The molecule has 2 aromatic rings. The van der Waals surface area contributed by atoms with E-state index in [1.807, 2.05) is 13.0 Å². The first kappa shape index (κ1) is 30.3. The van der Waals surface area contributed by atoms with E-state index in [0.29, 0.717) is 31.1 Å². The second kappa shape index (κ2) is 15.3. The van der Waals surface area contributed by atoms with Gasteiger partial charge in [-0.1, -0.05) is 64.3 Å². The summed E-state index contributed by atoms with van der Waals surface area (Å²) in [4.78, 5) is 22.8. The van der Waals surface area contributed by atoms with Crippen molar-refractivity contribution in [2.75, 3.05) is 18.5 Å². The number of unbranched alkanes of at least 4 members (excludes halogenated alkanes) is 1. The first-order chi connectivity index (χ1) is 18.9. The van der Waals surface area contributed by atoms with Crippen LogP contribution in [0.2, 0.25) is 0 Å². The molecular formula is C33H46N2O4. The number of esters is 1. The summed E-state index contributed by atoms with van der Waals surface area (Å²) >= 11 is 0. The van der Waals surface area contributed by atoms with Gasteiger partial charge in [0, 0.05) is 24.2 Å². The van der Waals surface area contributed by atoms with Crippen LogP contribution in [-0.4, -0.2) is 31.1 Å². The number of ether oxygens (including phenoxy) is 2. The summed E-state index contributed by atoms with van der Waals surface area (Å²) in [5, 5.41) is 7.06. The predicted octanol–water partition coefficient (Wildman–Crippen LogP) is 7.57. The molecule has 6 nitrogen and oxygen atoms in total. The Hall–Kier alpha value is -3.28. The van der Waals surface area contributed by atoms with Crippen molar-refractivity contribution in [1.82, 2.24) is 5.32 Å². The average molecular weight is 535 g/mol. The van der Waals surface area contributed by atoms with Crippen LogP contribution in [0.3, 0.4) is 0 Å². The lowest BCUT2D eigenvalue weighted by atomic mass is 9.73. The number of rotatable bonds is 10. The molecule has 1 aliphatic carbocycles. The molecule has 0 saturated heterocycles. The van der Waals surface area contributed by atoms with Crippen LogP contribution in [-0.2, 0) is 9.53 Å². The molecule has 3 atom stereocenters. The predicted molar refractivity (Wildman–Crippen MR) is 158 cm³/mol. The molecule has 2 aliphatic rings. The molecule has 1 saturated carbocycles. The van der Waals surface area contributed by atoms with E-state index in [1.54, 1.807) is 0 Å². The minimum Gasteiger partial charge on any atom is -0.494 e. The zero-order chi connectivity index (χ0) is 28.2. The third kappa shape index (κ3) is 8.61. The number of fused-ring (bicyclic) bond motifs is 1. The summed E-state index contributed by atoms with van der Waals surface area (Å²) in [6.07, 6.45) is 9.76. The van der Waals surface area contributed by atoms with E-state index in [0.717, 1.165) is 29.8 Å². The van der Waals surface area contributed by atoms with Crippen molar-refractivity contribution in [1.29, 1.82) is 0 Å². The largest absolute Gasteiger partial charge is 0.494 e. The van der Waals surface area contributed by atoms with Gasteiger partial charge in [-0.15, -0.1) is 0 Å². The fraction of sp³-hybridized carbons (Fsp3) is 0.515. The molecular weight excluding hydrogens is 488 g/mol. The van der Waals surface area contributed by atoms with Crippen LogP contribution in [0.4, 0.5) is 5.69 Å². The smallest absolute Gasteiger partial charge is 0.302 e. The van der Waals surface area contributed by atoms with Crippen molar-refractivity contribution in [3.8, 4) is 5.75 Å². The highest BCUT2D eigenvalue weighted by Crippen LogP contribution is 2.47. The Bertz CT molecular complexity index is 1080. The Morgan fingerprint density at radius 2 is 1.82 bits per heavy atom. The Morgan fingerprint density at radius 3 is 2.41 bits per heavy atom. The standard InChI is InChI=1S/C28H38N2O2.C5H8O2/c1-4-6-11-24-19(3)25-18-21(28(31)29-22-9-7-8-10-22)14-17-26(25)30-27(24)20-12-15-23(16-13-20)32-5-2;1-3-4-7-5(2)6/h12-19,22,24,27,30H,4-11H2,1-3H3,(H,29,31);3H,1,4H2,2H3. The molecule has 4 rings (SSSR count). The van der Waals surface area contributed by atoms with E-state index in [1.165, 1.54) is 56.2 Å². The van der Waals surface area contributed by atoms with Gasteiger partial charge < -0.3 is 20.1 Å². The monoisotopic (exact) mass is 534 g/mol. The number of nitrogens with one attached hydrogen (secondary N) is 2. The number of anilines is 1. The molecule has 3 unspecified atom stereocenters. The van der Waals surface area contributed by atoms with Gasteiger partial charge in [0.15, 0.2) is 0 Å². The Labute approximate surface area is 234 Å². The van der Waals surface area contributed by atoms with Gasteiger partial charge in [-0.2, -0.15) is 0 Å². The fourth-order valence-corrected chi connectivity index (χ4v) is 5.65. The van der Waals surface area contributed by atoms with Crippen LogP contribution in [0.25, 0.3) is 0 Å². The maximum Gasteiger partial charge on any atom is 0.302 e. The van der Waals surface area contributed by atoms with Crippen LogP contribution in [0.15, 0.2) is 55.1 Å². The third-order valence-corrected chi connectivity index (χ3v) is 7.72. The van der Waals surface area contributed by atoms with Gasteiger partial charge in [-0.3, -0.25) is 9.59 Å². The van der Waals surface area contributed by atoms with E-state index >= 15 is 0 Å². The van der Waals surface area contributed by atoms with E-state index in [-0.39, 0.29) is 17.9 Å². The van der Waals surface area contributed by atoms with Gasteiger partial charge in [0.25, 0.3) is 5.91 Å². The molecule has 1 amide bonds. The van der Waals surface area contributed by atoms with Crippen LogP contribution in [0.1, 0.15) is 106 Å². The molecule has 212 valence electrons. The van der Waals surface area contributed by atoms with Gasteiger partial charge in [0.05, 0.1) is 12.6 Å². The summed E-state index contributed by atoms with van der Waals surface area (Å²) in [6.45, 7) is 12.3. The highest BCUT2D eigenvalue weighted by Gasteiger charge is 2.35. The second-order valence-electron chi connectivity index (χ2n) is 10.6. The van der Waals surface area contributed by atoms with Crippen LogP contribution < -0.4 is 15.4 Å². The van der Waals surface area contributed by atoms with E-state index in [9.17, 15) is 9.59 Å². The molecule has 0 radical (unpaired) electrons. The Morgan fingerprint density at radius 1 is 1.10 bits per heavy atom. The van der Waals surface area contributed by atoms with Crippen LogP contribution in [0.5, 0.6) is 5.75 Å². The first-order valence-electron chi connectivity index (χ1n) is 14.6. The van der Waals surface area contributed by atoms with Crippen molar-refractivity contribution >= 4 is 17.6 Å². The molecule has 1 heterocycles. The van der Waals surface area contributed by atoms with Gasteiger partial charge in [-0.25, -0.2) is 0 Å². The molecule has 1 fully saturated rings. The summed E-state index contributed by atoms with van der Waals surface area (Å²) in [7, 11) is 0. The summed E-state index contributed by atoms with van der Waals surface area (Å²) in [5.41, 5.74) is 4.52. The van der Waals surface area contributed by atoms with E-state index in [2.05, 4.69) is 72.2 Å². The van der Waals surface area contributed by atoms with Crippen molar-refractivity contribution in [2.45, 2.75) is 90.6 Å². The van der Waals surface area contributed by atoms with Crippen molar-refractivity contribution < 1.29 is 19.1 Å². The molecule has 39 heavy (non-hydrogen) atoms. The van der Waals surface area contributed by atoms with Crippen LogP contribution in [0, 0.1) is 5.92 Å². The maximum absolute atomic E-state index is 12.9. The van der Waals surface area contributed by atoms with Gasteiger partial charge in [-0.05, 0) is 79.5 Å². The van der Waals surface area contributed by atoms with Crippen molar-refractivity contribution in [3.05, 3.63) is 71.8 Å². The highest BCUT2D eigenvalue weighted by atomic mass is 16.5. The quantitative estimate of drug-likeness (QED) is 0.243. The van der Waals surface area contributed by atoms with E-state index in [4.69, 9.17) is 4.74 Å². The fourth-order valence-electron chi connectivity index (χ4n) is 5.65. The van der Waals surface area contributed by atoms with Crippen LogP contribution >= 0.6 is 0 Å². The van der Waals surface area contributed by atoms with Gasteiger partial charge in [0.2, 0.25) is 0 Å². The topological polar surface area (TPSA) is 76.7 Å². The highest BCUT2D eigenvalue weighted by molar-refractivity contribution is 5.95. The minimum absolute atomic E-state index is 0.0747. The van der Waals surface area contributed by atoms with Crippen molar-refractivity contribution in [2.24, 2.45) is 5.92 Å². The number of benzene rings is 2. The third-order valence-electron chi connectivity index (χ3n) is 7.72. The van der Waals surface area contributed by atoms with Gasteiger partial charge >= 0.3 is 5.97 Å².